The summed E-state index contributed by atoms with van der Waals surface area (Å²) in [5, 5.41) is 29.0. The van der Waals surface area contributed by atoms with Crippen LogP contribution in [0.2, 0.25) is 0 Å². The number of ether oxygens (including phenoxy) is 6. The van der Waals surface area contributed by atoms with Crippen LogP contribution < -0.4 is 9.88 Å². The maximum absolute atomic E-state index is 15.7. The van der Waals surface area contributed by atoms with Gasteiger partial charge in [-0.25, -0.2) is 19.0 Å². The second-order valence-electron chi connectivity index (χ2n) is 21.5. The Kier molecular flexibility index (Phi) is 17.4. The molecule has 3 fully saturated rings. The number of carbonyl (C=O) groups is 7. The molecule has 3 aliphatic carbocycles. The van der Waals surface area contributed by atoms with Gasteiger partial charge in [-0.15, -0.1) is 0 Å². The van der Waals surface area contributed by atoms with E-state index in [9.17, 15) is 42.9 Å². The lowest BCUT2D eigenvalue weighted by molar-refractivity contribution is -0.671. The second kappa shape index (κ2) is 23.8. The first-order chi connectivity index (χ1) is 38.3. The van der Waals surface area contributed by atoms with Gasteiger partial charge in [0.1, 0.15) is 42.6 Å². The van der Waals surface area contributed by atoms with Crippen molar-refractivity contribution in [3.05, 3.63) is 179 Å². The fourth-order valence-electron chi connectivity index (χ4n) is 11.8. The molecule has 5 aromatic rings. The molecule has 1 aliphatic heterocycles. The molecule has 9 rings (SSSR count). The van der Waals surface area contributed by atoms with Gasteiger partial charge in [0.15, 0.2) is 29.9 Å². The van der Waals surface area contributed by atoms with E-state index in [-0.39, 0.29) is 40.9 Å². The highest BCUT2D eigenvalue weighted by Crippen LogP contribution is 2.64. The fraction of sp³-hybridized carbons (Fsp3) is 0.377. The van der Waals surface area contributed by atoms with E-state index in [0.717, 1.165) is 19.4 Å². The summed E-state index contributed by atoms with van der Waals surface area (Å²) >= 11 is -2.09. The highest BCUT2D eigenvalue weighted by molar-refractivity contribution is 7.79. The van der Waals surface area contributed by atoms with Crippen LogP contribution in [0.5, 0.6) is 0 Å². The van der Waals surface area contributed by atoms with Crippen LogP contribution >= 0.6 is 0 Å². The summed E-state index contributed by atoms with van der Waals surface area (Å²) in [6.45, 7) is 9.84. The first-order valence-electron chi connectivity index (χ1n) is 26.2. The number of pyridine rings is 1. The molecule has 0 radical (unpaired) electrons. The number of benzene rings is 4. The summed E-state index contributed by atoms with van der Waals surface area (Å²) in [7, 11) is 1.68. The zero-order valence-corrected chi connectivity index (χ0v) is 46.7. The summed E-state index contributed by atoms with van der Waals surface area (Å²) in [4.78, 5) is 100. The van der Waals surface area contributed by atoms with Crippen LogP contribution in [-0.2, 0) is 65.7 Å². The molecule has 4 aliphatic rings. The molecule has 3 N–H and O–H groups in total. The van der Waals surface area contributed by atoms with Crippen LogP contribution in [0.4, 0.5) is 0 Å². The molecule has 2 bridgehead atoms. The Morgan fingerprint density at radius 2 is 1.37 bits per heavy atom. The summed E-state index contributed by atoms with van der Waals surface area (Å²) < 4.78 is 59.2. The molecule has 12 atom stereocenters. The average molecular weight is 1130 g/mol. The van der Waals surface area contributed by atoms with Crippen molar-refractivity contribution in [3.63, 3.8) is 0 Å². The van der Waals surface area contributed by atoms with E-state index < -0.39 is 130 Å². The van der Waals surface area contributed by atoms with Crippen molar-refractivity contribution in [2.45, 2.75) is 120 Å². The normalized spacial score (nSPS) is 27.2. The minimum atomic E-state index is -2.46. The molecule has 1 aromatic heterocycles. The number of aryl methyl sites for hydroxylation is 2. The SMILES string of the molecule is CC(=O)O[C@H]1C(=O)C2(C)C([C@H](OC(=O)c3ccccc3)[C@]3(O)C[C@H](OC(=O)[C@H](OC(=O)c4ccc[n+](C)c4)[C@H](NC(=O)c4ccccc4)c4ccccc4)C(C)=C1C3(C)C)[C@]1(OC(C)=O)CO[C@@H]1C[C@@H]2O.Cc1ccc(S(=O)[O-])cc1. The molecule has 20 heteroatoms. The average Bonchev–Trinajstić information content (AvgIpc) is 0.944. The third-order valence-corrected chi connectivity index (χ3v) is 16.7. The first-order valence-corrected chi connectivity index (χ1v) is 27.2. The van der Waals surface area contributed by atoms with E-state index in [1.54, 1.807) is 141 Å². The number of nitrogens with zero attached hydrogens (tertiary/aromatic N) is 1. The van der Waals surface area contributed by atoms with Crippen LogP contribution in [0.1, 0.15) is 103 Å². The largest absolute Gasteiger partial charge is 0.768 e. The van der Waals surface area contributed by atoms with Crippen molar-refractivity contribution in [1.29, 1.82) is 0 Å². The second-order valence-corrected chi connectivity index (χ2v) is 22.5. The molecule has 2 heterocycles. The number of aliphatic hydroxyl groups is 2. The monoisotopic (exact) mass is 1130 g/mol. The Balaban J connectivity index is 0.000000776. The van der Waals surface area contributed by atoms with Crippen molar-refractivity contribution in [2.24, 2.45) is 23.8 Å². The first kappa shape index (κ1) is 59.4. The number of Topliss-reactive ketones (excluding diaryl/α,β-unsaturated/α-hetero) is 1. The molecule has 1 amide bonds. The lowest BCUT2D eigenvalue weighted by Gasteiger charge is -2.67. The number of amides is 1. The van der Waals surface area contributed by atoms with E-state index in [4.69, 9.17) is 28.4 Å². The number of esters is 5. The van der Waals surface area contributed by atoms with E-state index in [1.807, 2.05) is 6.92 Å². The van der Waals surface area contributed by atoms with E-state index in [1.165, 1.54) is 38.2 Å². The molecule has 2 saturated carbocycles. The van der Waals surface area contributed by atoms with Gasteiger partial charge < -0.3 is 48.5 Å². The number of ketones is 1. The zero-order chi connectivity index (χ0) is 58.8. The third-order valence-electron chi connectivity index (χ3n) is 16.1. The van der Waals surface area contributed by atoms with Crippen molar-refractivity contribution in [1.82, 2.24) is 5.32 Å². The van der Waals surface area contributed by atoms with Gasteiger partial charge in [-0.3, -0.25) is 23.4 Å². The van der Waals surface area contributed by atoms with Gasteiger partial charge >= 0.3 is 29.8 Å². The number of aliphatic hydroxyl groups excluding tert-OH is 1. The predicted molar refractivity (Wildman–Crippen MR) is 287 cm³/mol. The summed E-state index contributed by atoms with van der Waals surface area (Å²) in [5.41, 5.74) is -6.27. The summed E-state index contributed by atoms with van der Waals surface area (Å²) in [5.74, 6) is -7.95. The van der Waals surface area contributed by atoms with Crippen LogP contribution in [-0.4, -0.2) is 115 Å². The van der Waals surface area contributed by atoms with Gasteiger partial charge in [-0.1, -0.05) is 98.3 Å². The van der Waals surface area contributed by atoms with Gasteiger partial charge in [-0.05, 0) is 91.0 Å². The minimum absolute atomic E-state index is 0.0345. The third kappa shape index (κ3) is 11.6. The molecule has 19 nitrogen and oxygen atoms in total. The number of carbonyl (C=O) groups excluding carboxylic acids is 7. The van der Waals surface area contributed by atoms with Gasteiger partial charge in [0.2, 0.25) is 6.10 Å². The Morgan fingerprint density at radius 1 is 0.778 bits per heavy atom. The fourth-order valence-corrected chi connectivity index (χ4v) is 12.2. The Hall–Kier alpha value is -7.75. The lowest BCUT2D eigenvalue weighted by atomic mass is 9.44. The van der Waals surface area contributed by atoms with Crippen LogP contribution in [0.3, 0.4) is 0 Å². The molecular weight excluding hydrogens is 1060 g/mol. The summed E-state index contributed by atoms with van der Waals surface area (Å²) in [6, 6.07) is 32.6. The molecule has 426 valence electrons. The van der Waals surface area contributed by atoms with Gasteiger partial charge in [-0.2, -0.15) is 0 Å². The molecule has 81 heavy (non-hydrogen) atoms. The maximum Gasteiger partial charge on any atom is 0.350 e. The number of rotatable bonds is 13. The lowest BCUT2D eigenvalue weighted by Crippen LogP contribution is -2.82. The maximum atomic E-state index is 15.7. The summed E-state index contributed by atoms with van der Waals surface area (Å²) in [6.07, 6.45) is -7.59. The highest BCUT2D eigenvalue weighted by atomic mass is 32.2. The quantitative estimate of drug-likeness (QED) is 0.0422. The van der Waals surface area contributed by atoms with Gasteiger partial charge in [0.05, 0.1) is 29.6 Å². The topological polar surface area (TPSA) is 271 Å². The number of aromatic nitrogens is 1. The number of hydrogen-bond acceptors (Lipinski definition) is 17. The van der Waals surface area contributed by atoms with Gasteiger partial charge in [0, 0.05) is 48.6 Å². The van der Waals surface area contributed by atoms with Crippen molar-refractivity contribution < 1.29 is 85.5 Å². The Morgan fingerprint density at radius 3 is 1.93 bits per heavy atom. The van der Waals surface area contributed by atoms with Crippen LogP contribution in [0.25, 0.3) is 0 Å². The number of nitrogens with one attached hydrogen (secondary N) is 1. The van der Waals surface area contributed by atoms with Crippen molar-refractivity contribution in [2.75, 3.05) is 6.61 Å². The van der Waals surface area contributed by atoms with Crippen LogP contribution in [0.15, 0.2) is 156 Å². The highest BCUT2D eigenvalue weighted by Gasteiger charge is 2.78. The minimum Gasteiger partial charge on any atom is -0.768 e. The van der Waals surface area contributed by atoms with E-state index >= 15 is 9.59 Å². The number of hydrogen-bond donors (Lipinski definition) is 3. The smallest absolute Gasteiger partial charge is 0.350 e. The van der Waals surface area contributed by atoms with Crippen molar-refractivity contribution >= 4 is 52.6 Å². The molecular formula is C61H64N2O17S. The Bertz CT molecular complexity index is 3260. The predicted octanol–water partition coefficient (Wildman–Crippen LogP) is 5.66. The number of fused-ring (bicyclic) bond motifs is 5. The molecule has 4 aromatic carbocycles. The molecule has 3 unspecified atom stereocenters. The van der Waals surface area contributed by atoms with Crippen LogP contribution in [0, 0.1) is 23.7 Å². The molecule has 0 spiro atoms. The van der Waals surface area contributed by atoms with Gasteiger partial charge in [0.25, 0.3) is 5.91 Å². The Labute approximate surface area is 470 Å². The van der Waals surface area contributed by atoms with E-state index in [0.29, 0.717) is 10.5 Å². The van der Waals surface area contributed by atoms with E-state index in [2.05, 4.69) is 5.32 Å². The van der Waals surface area contributed by atoms with Crippen molar-refractivity contribution in [3.8, 4) is 0 Å². The standard InChI is InChI=1S/C54H56N2O15.C7H8O2S/c1-30-37(68-50(64)43(69-49(63)36-24-17-25-56(7)28-36)41(33-18-11-8-12-19-33)55-47(61)34-20-13-9-14-21-34)27-54(65)46(70-48(62)35-22-15-10-16-23-35)44-52(6,38(59)26-39-53(44,29-66-39)71-32(3)58)45(60)42(67-31(2)57)40(30)51(54,4)5;1-6-2-4-7(5-3-6)10(8)9/h8-25,28,37-39,41-44,46,59,65H,26-27,29H2,1-7H3;2-5H,1H3,(H,8,9)/t37-,38-,39+,41+,42+,43+,44?,46-,52?,53-,54+;/m0./s1. The zero-order valence-electron chi connectivity index (χ0n) is 45.9. The molecule has 1 saturated heterocycles.